The average molecular weight is 296 g/mol. The highest BCUT2D eigenvalue weighted by molar-refractivity contribution is 6.00. The number of carbonyl (C=O) groups excluding carboxylic acids is 2. The first kappa shape index (κ1) is 16.0. The van der Waals surface area contributed by atoms with Crippen molar-refractivity contribution in [1.82, 2.24) is 0 Å². The molecule has 0 unspecified atom stereocenters. The molecule has 0 radical (unpaired) electrons. The van der Waals surface area contributed by atoms with E-state index < -0.39 is 5.92 Å². The van der Waals surface area contributed by atoms with E-state index in [1.165, 1.54) is 0 Å². The number of hydrogen-bond donors (Lipinski definition) is 0. The molecule has 2 aromatic rings. The van der Waals surface area contributed by atoms with Gasteiger partial charge in [-0.15, -0.1) is 0 Å². The molecule has 0 amide bonds. The van der Waals surface area contributed by atoms with Crippen LogP contribution in [0.4, 0.5) is 0 Å². The molecule has 114 valence electrons. The molecule has 1 atom stereocenters. The molecule has 0 heterocycles. The van der Waals surface area contributed by atoms with Crippen molar-refractivity contribution in [1.29, 1.82) is 0 Å². The Morgan fingerprint density at radius 1 is 1.00 bits per heavy atom. The summed E-state index contributed by atoms with van der Waals surface area (Å²) in [5, 5.41) is 0. The van der Waals surface area contributed by atoms with Gasteiger partial charge in [0.15, 0.2) is 5.78 Å². The van der Waals surface area contributed by atoms with Crippen LogP contribution in [0.3, 0.4) is 0 Å². The average Bonchev–Trinajstić information content (AvgIpc) is 2.59. The lowest BCUT2D eigenvalue weighted by Gasteiger charge is -2.15. The van der Waals surface area contributed by atoms with Crippen molar-refractivity contribution in [3.63, 3.8) is 0 Å². The lowest BCUT2D eigenvalue weighted by Crippen LogP contribution is -2.16. The molecule has 0 aliphatic carbocycles. The second-order valence-corrected chi connectivity index (χ2v) is 5.14. The Kier molecular flexibility index (Phi) is 5.48. The second-order valence-electron chi connectivity index (χ2n) is 5.14. The van der Waals surface area contributed by atoms with Crippen LogP contribution in [0.2, 0.25) is 0 Å². The SMILES string of the molecule is CCC(=O)[C@@H](CC(=O)c1ccccc1)c1ccc(OC)cc1. The summed E-state index contributed by atoms with van der Waals surface area (Å²) in [6.45, 7) is 1.83. The summed E-state index contributed by atoms with van der Waals surface area (Å²) >= 11 is 0. The zero-order valence-corrected chi connectivity index (χ0v) is 12.9. The van der Waals surface area contributed by atoms with Crippen molar-refractivity contribution >= 4 is 11.6 Å². The fourth-order valence-electron chi connectivity index (χ4n) is 2.43. The van der Waals surface area contributed by atoms with E-state index in [4.69, 9.17) is 4.74 Å². The van der Waals surface area contributed by atoms with E-state index in [1.807, 2.05) is 49.4 Å². The summed E-state index contributed by atoms with van der Waals surface area (Å²) in [6, 6.07) is 16.4. The summed E-state index contributed by atoms with van der Waals surface area (Å²) in [6.07, 6.45) is 0.613. The van der Waals surface area contributed by atoms with E-state index in [9.17, 15) is 9.59 Å². The van der Waals surface area contributed by atoms with Gasteiger partial charge in [0, 0.05) is 24.3 Å². The minimum absolute atomic E-state index is 0.0109. The summed E-state index contributed by atoms with van der Waals surface area (Å²) < 4.78 is 5.13. The van der Waals surface area contributed by atoms with Crippen LogP contribution in [0, 0.1) is 0 Å². The topological polar surface area (TPSA) is 43.4 Å². The van der Waals surface area contributed by atoms with Crippen LogP contribution in [0.5, 0.6) is 5.75 Å². The quantitative estimate of drug-likeness (QED) is 0.724. The molecule has 22 heavy (non-hydrogen) atoms. The van der Waals surface area contributed by atoms with E-state index in [1.54, 1.807) is 19.2 Å². The molecule has 2 aromatic carbocycles. The minimum atomic E-state index is -0.399. The van der Waals surface area contributed by atoms with Gasteiger partial charge in [-0.2, -0.15) is 0 Å². The number of carbonyl (C=O) groups is 2. The van der Waals surface area contributed by atoms with Crippen LogP contribution in [-0.4, -0.2) is 18.7 Å². The second kappa shape index (κ2) is 7.55. The van der Waals surface area contributed by atoms with E-state index in [-0.39, 0.29) is 18.0 Å². The smallest absolute Gasteiger partial charge is 0.163 e. The van der Waals surface area contributed by atoms with E-state index in [2.05, 4.69) is 0 Å². The molecule has 0 aliphatic heterocycles. The van der Waals surface area contributed by atoms with Gasteiger partial charge in [0.2, 0.25) is 0 Å². The molecule has 2 rings (SSSR count). The Morgan fingerprint density at radius 2 is 1.64 bits per heavy atom. The zero-order chi connectivity index (χ0) is 15.9. The lowest BCUT2D eigenvalue weighted by atomic mass is 9.87. The number of methoxy groups -OCH3 is 1. The number of hydrogen-bond acceptors (Lipinski definition) is 3. The van der Waals surface area contributed by atoms with E-state index in [0.29, 0.717) is 12.0 Å². The van der Waals surface area contributed by atoms with Crippen LogP contribution < -0.4 is 4.74 Å². The van der Waals surface area contributed by atoms with Gasteiger partial charge in [-0.05, 0) is 17.7 Å². The van der Waals surface area contributed by atoms with Gasteiger partial charge in [0.25, 0.3) is 0 Å². The third-order valence-corrected chi connectivity index (χ3v) is 3.74. The molecule has 0 spiro atoms. The first-order valence-electron chi connectivity index (χ1n) is 7.40. The highest BCUT2D eigenvalue weighted by Gasteiger charge is 2.23. The Labute approximate surface area is 130 Å². The van der Waals surface area contributed by atoms with Gasteiger partial charge >= 0.3 is 0 Å². The molecular weight excluding hydrogens is 276 g/mol. The number of ether oxygens (including phenoxy) is 1. The molecule has 0 aromatic heterocycles. The molecule has 0 aliphatic rings. The molecule has 0 N–H and O–H groups in total. The summed E-state index contributed by atoms with van der Waals surface area (Å²) in [5.41, 5.74) is 1.50. The summed E-state index contributed by atoms with van der Waals surface area (Å²) in [7, 11) is 1.60. The summed E-state index contributed by atoms with van der Waals surface area (Å²) in [5.74, 6) is 0.405. The van der Waals surface area contributed by atoms with Crippen LogP contribution in [0.15, 0.2) is 54.6 Å². The maximum atomic E-state index is 12.4. The first-order chi connectivity index (χ1) is 10.7. The first-order valence-corrected chi connectivity index (χ1v) is 7.40. The predicted molar refractivity (Wildman–Crippen MR) is 86.4 cm³/mol. The van der Waals surface area contributed by atoms with Gasteiger partial charge in [0.1, 0.15) is 11.5 Å². The Morgan fingerprint density at radius 3 is 2.18 bits per heavy atom. The maximum absolute atomic E-state index is 12.4. The lowest BCUT2D eigenvalue weighted by molar-refractivity contribution is -0.120. The number of Topliss-reactive ketones (excluding diaryl/α,β-unsaturated/α-hetero) is 2. The van der Waals surface area contributed by atoms with E-state index in [0.717, 1.165) is 11.3 Å². The number of ketones is 2. The Bertz CT molecular complexity index is 629. The fraction of sp³-hybridized carbons (Fsp3) is 0.263. The zero-order valence-electron chi connectivity index (χ0n) is 12.9. The molecule has 3 nitrogen and oxygen atoms in total. The Hall–Kier alpha value is -2.42. The molecular formula is C19H20O3. The summed E-state index contributed by atoms with van der Waals surface area (Å²) in [4.78, 5) is 24.6. The molecule has 0 fully saturated rings. The molecule has 3 heteroatoms. The van der Waals surface area contributed by atoms with Crippen molar-refractivity contribution in [2.75, 3.05) is 7.11 Å². The van der Waals surface area contributed by atoms with Crippen LogP contribution in [0.1, 0.15) is 41.6 Å². The van der Waals surface area contributed by atoms with Crippen molar-refractivity contribution < 1.29 is 14.3 Å². The highest BCUT2D eigenvalue weighted by atomic mass is 16.5. The van der Waals surface area contributed by atoms with Gasteiger partial charge in [-0.25, -0.2) is 0 Å². The minimum Gasteiger partial charge on any atom is -0.497 e. The van der Waals surface area contributed by atoms with Crippen molar-refractivity contribution in [2.45, 2.75) is 25.7 Å². The normalized spacial score (nSPS) is 11.7. The van der Waals surface area contributed by atoms with Crippen LogP contribution in [-0.2, 0) is 4.79 Å². The third-order valence-electron chi connectivity index (χ3n) is 3.74. The third kappa shape index (κ3) is 3.82. The molecule has 0 saturated carbocycles. The van der Waals surface area contributed by atoms with Gasteiger partial charge in [-0.3, -0.25) is 9.59 Å². The van der Waals surface area contributed by atoms with Gasteiger partial charge in [-0.1, -0.05) is 49.4 Å². The van der Waals surface area contributed by atoms with Crippen LogP contribution in [0.25, 0.3) is 0 Å². The highest BCUT2D eigenvalue weighted by Crippen LogP contribution is 2.26. The standard InChI is InChI=1S/C19H20O3/c1-3-18(20)17(14-9-11-16(22-2)12-10-14)13-19(21)15-7-5-4-6-8-15/h4-12,17H,3,13H2,1-2H3/t17-/m0/s1. The van der Waals surface area contributed by atoms with Crippen molar-refractivity contribution in [3.8, 4) is 5.75 Å². The predicted octanol–water partition coefficient (Wildman–Crippen LogP) is 4.03. The van der Waals surface area contributed by atoms with Gasteiger partial charge < -0.3 is 4.74 Å². The number of rotatable bonds is 7. The van der Waals surface area contributed by atoms with Gasteiger partial charge in [0.05, 0.1) is 7.11 Å². The monoisotopic (exact) mass is 296 g/mol. The maximum Gasteiger partial charge on any atom is 0.163 e. The van der Waals surface area contributed by atoms with Crippen LogP contribution >= 0.6 is 0 Å². The Balaban J connectivity index is 2.22. The molecule has 0 saturated heterocycles. The van der Waals surface area contributed by atoms with Crippen molar-refractivity contribution in [3.05, 3.63) is 65.7 Å². The number of benzene rings is 2. The largest absolute Gasteiger partial charge is 0.497 e. The van der Waals surface area contributed by atoms with E-state index >= 15 is 0 Å². The molecule has 0 bridgehead atoms. The van der Waals surface area contributed by atoms with Crippen molar-refractivity contribution in [2.24, 2.45) is 0 Å². The fourth-order valence-corrected chi connectivity index (χ4v) is 2.43.